The second-order valence-corrected chi connectivity index (χ2v) is 9.36. The number of hydrogen-bond acceptors (Lipinski definition) is 4. The number of aliphatic hydroxyl groups excluding tert-OH is 1. The average Bonchev–Trinajstić information content (AvgIpc) is 3.29. The van der Waals surface area contributed by atoms with Crippen LogP contribution in [-0.4, -0.2) is 47.9 Å². The van der Waals surface area contributed by atoms with Crippen LogP contribution in [0.25, 0.3) is 0 Å². The van der Waals surface area contributed by atoms with Crippen molar-refractivity contribution in [3.63, 3.8) is 0 Å². The van der Waals surface area contributed by atoms with Crippen molar-refractivity contribution in [2.45, 2.75) is 61.5 Å². The van der Waals surface area contributed by atoms with E-state index >= 15 is 0 Å². The molecular formula is C17H20F3NO4S. The highest BCUT2D eigenvalue weighted by molar-refractivity contribution is 7.89. The minimum Gasteiger partial charge on any atom is -0.392 e. The molecule has 0 spiro atoms. The van der Waals surface area contributed by atoms with Crippen molar-refractivity contribution in [3.05, 3.63) is 35.4 Å². The van der Waals surface area contributed by atoms with Crippen LogP contribution in [0.5, 0.6) is 0 Å². The second kappa shape index (κ2) is 6.19. The molecule has 4 rings (SSSR count). The Kier molecular flexibility index (Phi) is 4.33. The molecule has 3 fully saturated rings. The van der Waals surface area contributed by atoms with Gasteiger partial charge in [0.15, 0.2) is 0 Å². The molecule has 3 aliphatic heterocycles. The molecule has 3 saturated heterocycles. The van der Waals surface area contributed by atoms with E-state index in [0.717, 1.165) is 16.8 Å². The lowest BCUT2D eigenvalue weighted by atomic mass is 9.98. The molecule has 2 bridgehead atoms. The predicted molar refractivity (Wildman–Crippen MR) is 86.7 cm³/mol. The number of β-amino-alcohol motifs (C(OH)–C–C–N with tert-alkyl or cyclic N) is 1. The highest BCUT2D eigenvalue weighted by Gasteiger charge is 2.53. The molecule has 9 heteroatoms. The molecule has 0 amide bonds. The van der Waals surface area contributed by atoms with E-state index in [4.69, 9.17) is 4.74 Å². The van der Waals surface area contributed by atoms with E-state index in [9.17, 15) is 26.7 Å². The van der Waals surface area contributed by atoms with Crippen LogP contribution in [0.15, 0.2) is 24.3 Å². The Balaban J connectivity index is 1.71. The Bertz CT molecular complexity index is 797. The van der Waals surface area contributed by atoms with Crippen molar-refractivity contribution in [1.82, 2.24) is 4.31 Å². The number of aliphatic hydroxyl groups is 1. The highest BCUT2D eigenvalue weighted by Crippen LogP contribution is 2.45. The molecule has 1 aromatic rings. The van der Waals surface area contributed by atoms with Crippen LogP contribution in [0, 0.1) is 0 Å². The van der Waals surface area contributed by atoms with E-state index in [1.165, 1.54) is 18.2 Å². The predicted octanol–water partition coefficient (Wildman–Crippen LogP) is 2.46. The standard InChI is InChI=1S/C17H20F3NO4S/c18-17(19,20)13-4-2-1-3-12(13)14-7-10(22)9-21(14)26(23,24)16-8-11-5-6-15(16)25-11/h1-4,10-11,14-16,22H,5-9H2. The number of ether oxygens (including phenoxy) is 1. The van der Waals surface area contributed by atoms with Crippen LogP contribution in [0.3, 0.4) is 0 Å². The molecule has 3 heterocycles. The summed E-state index contributed by atoms with van der Waals surface area (Å²) in [5.41, 5.74) is -0.965. The summed E-state index contributed by atoms with van der Waals surface area (Å²) in [7, 11) is -3.88. The molecular weight excluding hydrogens is 371 g/mol. The Morgan fingerprint density at radius 3 is 2.50 bits per heavy atom. The number of benzene rings is 1. The number of alkyl halides is 3. The number of sulfonamides is 1. The van der Waals surface area contributed by atoms with Crippen molar-refractivity contribution in [1.29, 1.82) is 0 Å². The van der Waals surface area contributed by atoms with Gasteiger partial charge < -0.3 is 9.84 Å². The average molecular weight is 391 g/mol. The topological polar surface area (TPSA) is 66.8 Å². The van der Waals surface area contributed by atoms with E-state index in [1.807, 2.05) is 0 Å². The third-order valence-corrected chi connectivity index (χ3v) is 7.94. The Hall–Kier alpha value is -1.16. The molecule has 3 aliphatic rings. The third-order valence-electron chi connectivity index (χ3n) is 5.62. The normalized spacial score (nSPS) is 35.3. The Morgan fingerprint density at radius 1 is 1.15 bits per heavy atom. The molecule has 0 aromatic heterocycles. The van der Waals surface area contributed by atoms with E-state index in [1.54, 1.807) is 0 Å². The maximum absolute atomic E-state index is 13.4. The maximum Gasteiger partial charge on any atom is 0.416 e. The molecule has 0 aliphatic carbocycles. The van der Waals surface area contributed by atoms with Crippen LogP contribution >= 0.6 is 0 Å². The summed E-state index contributed by atoms with van der Waals surface area (Å²) in [6.07, 6.45) is -4.28. The summed E-state index contributed by atoms with van der Waals surface area (Å²) in [4.78, 5) is 0. The number of nitrogens with zero attached hydrogens (tertiary/aromatic N) is 1. The molecule has 0 radical (unpaired) electrons. The first kappa shape index (κ1) is 18.2. The van der Waals surface area contributed by atoms with Gasteiger partial charge in [-0.25, -0.2) is 8.42 Å². The maximum atomic E-state index is 13.4. The van der Waals surface area contributed by atoms with E-state index in [-0.39, 0.29) is 24.6 Å². The quantitative estimate of drug-likeness (QED) is 0.860. The summed E-state index contributed by atoms with van der Waals surface area (Å²) in [5, 5.41) is 9.30. The smallest absolute Gasteiger partial charge is 0.392 e. The monoisotopic (exact) mass is 391 g/mol. The van der Waals surface area contributed by atoms with Gasteiger partial charge in [-0.05, 0) is 37.3 Å². The third kappa shape index (κ3) is 2.94. The van der Waals surface area contributed by atoms with Crippen LogP contribution in [-0.2, 0) is 20.9 Å². The lowest BCUT2D eigenvalue weighted by Crippen LogP contribution is -2.43. The van der Waals surface area contributed by atoms with Crippen LogP contribution in [0.4, 0.5) is 13.2 Å². The van der Waals surface area contributed by atoms with Crippen LogP contribution in [0.1, 0.15) is 42.9 Å². The molecule has 5 atom stereocenters. The minimum atomic E-state index is -4.59. The molecule has 5 unspecified atom stereocenters. The Labute approximate surface area is 149 Å². The lowest BCUT2D eigenvalue weighted by molar-refractivity contribution is -0.138. The van der Waals surface area contributed by atoms with Gasteiger partial charge in [0.25, 0.3) is 0 Å². The zero-order chi connectivity index (χ0) is 18.7. The van der Waals surface area contributed by atoms with Crippen molar-refractivity contribution in [2.24, 2.45) is 0 Å². The summed E-state index contributed by atoms with van der Waals surface area (Å²) >= 11 is 0. The molecule has 0 saturated carbocycles. The fraction of sp³-hybridized carbons (Fsp3) is 0.647. The van der Waals surface area contributed by atoms with Gasteiger partial charge in [0, 0.05) is 6.54 Å². The zero-order valence-electron chi connectivity index (χ0n) is 13.9. The number of hydrogen-bond donors (Lipinski definition) is 1. The van der Waals surface area contributed by atoms with Gasteiger partial charge >= 0.3 is 6.18 Å². The number of halogens is 3. The van der Waals surface area contributed by atoms with Gasteiger partial charge in [-0.1, -0.05) is 18.2 Å². The van der Waals surface area contributed by atoms with Gasteiger partial charge in [-0.3, -0.25) is 0 Å². The van der Waals surface area contributed by atoms with Gasteiger partial charge in [0.1, 0.15) is 5.25 Å². The summed E-state index contributed by atoms with van der Waals surface area (Å²) < 4.78 is 73.2. The van der Waals surface area contributed by atoms with Gasteiger partial charge in [0.05, 0.1) is 29.9 Å². The molecule has 1 N–H and O–H groups in total. The number of fused-ring (bicyclic) bond motifs is 2. The van der Waals surface area contributed by atoms with Crippen molar-refractivity contribution in [2.75, 3.05) is 6.54 Å². The molecule has 144 valence electrons. The second-order valence-electron chi connectivity index (χ2n) is 7.25. The van der Waals surface area contributed by atoms with E-state index in [0.29, 0.717) is 12.8 Å². The largest absolute Gasteiger partial charge is 0.416 e. The highest BCUT2D eigenvalue weighted by atomic mass is 32.2. The SMILES string of the molecule is O=S(=O)(C1CC2CCC1O2)N1CC(O)CC1c1ccccc1C(F)(F)F. The van der Waals surface area contributed by atoms with Crippen molar-refractivity contribution in [3.8, 4) is 0 Å². The summed E-state index contributed by atoms with van der Waals surface area (Å²) in [5.74, 6) is 0. The first-order chi connectivity index (χ1) is 12.2. The van der Waals surface area contributed by atoms with Crippen molar-refractivity contribution >= 4 is 10.0 Å². The van der Waals surface area contributed by atoms with Gasteiger partial charge in [-0.15, -0.1) is 0 Å². The first-order valence-corrected chi connectivity index (χ1v) is 10.2. The first-order valence-electron chi connectivity index (χ1n) is 8.68. The van der Waals surface area contributed by atoms with Crippen LogP contribution < -0.4 is 0 Å². The minimum absolute atomic E-state index is 0.0476. The van der Waals surface area contributed by atoms with Crippen molar-refractivity contribution < 1.29 is 31.4 Å². The van der Waals surface area contributed by atoms with Crippen LogP contribution in [0.2, 0.25) is 0 Å². The van der Waals surface area contributed by atoms with Gasteiger partial charge in [0.2, 0.25) is 10.0 Å². The zero-order valence-corrected chi connectivity index (χ0v) is 14.7. The van der Waals surface area contributed by atoms with E-state index < -0.39 is 45.3 Å². The van der Waals surface area contributed by atoms with E-state index in [2.05, 4.69) is 0 Å². The fourth-order valence-electron chi connectivity index (χ4n) is 4.47. The molecule has 1 aromatic carbocycles. The fourth-order valence-corrected chi connectivity index (χ4v) is 6.80. The van der Waals surface area contributed by atoms with Gasteiger partial charge in [-0.2, -0.15) is 17.5 Å². The number of rotatable bonds is 3. The lowest BCUT2D eigenvalue weighted by Gasteiger charge is -2.30. The molecule has 26 heavy (non-hydrogen) atoms. The summed E-state index contributed by atoms with van der Waals surface area (Å²) in [6.45, 7) is -0.187. The summed E-state index contributed by atoms with van der Waals surface area (Å²) in [6, 6.07) is 3.96. The molecule has 5 nitrogen and oxygen atoms in total. The Morgan fingerprint density at radius 2 is 1.88 bits per heavy atom.